The number of carbonyl (C=O) groups excluding carboxylic acids is 2. The number of likely N-dealkylation sites (tertiary alicyclic amines) is 1. The Balaban J connectivity index is 2.70. The summed E-state index contributed by atoms with van der Waals surface area (Å²) in [6, 6.07) is -3.72. The van der Waals surface area contributed by atoms with Gasteiger partial charge < -0.3 is 31.3 Å². The average molecular weight is 317 g/mol. The zero-order valence-corrected chi connectivity index (χ0v) is 11.8. The largest absolute Gasteiger partial charge is 0.481 e. The number of aliphatic hydroxyl groups excluding tert-OH is 1. The Morgan fingerprint density at radius 1 is 1.27 bits per heavy atom. The molecule has 1 aliphatic rings. The molecule has 1 saturated heterocycles. The Kier molecular flexibility index (Phi) is 6.25. The maximum Gasteiger partial charge on any atom is 0.326 e. The molecule has 0 spiro atoms. The molecule has 1 aliphatic heterocycles. The molecule has 0 aromatic rings. The normalized spacial score (nSPS) is 20.3. The molecule has 10 heteroatoms. The van der Waals surface area contributed by atoms with E-state index in [4.69, 9.17) is 15.9 Å². The highest BCUT2D eigenvalue weighted by Gasteiger charge is 2.37. The Hall–Kier alpha value is -2.20. The number of hydrogen-bond acceptors (Lipinski definition) is 6. The molecule has 10 nitrogen and oxygen atoms in total. The first-order valence-electron chi connectivity index (χ1n) is 6.69. The SMILES string of the molecule is NC(CC(=O)O)C(=O)NC(CO)C(=O)N1CCCC1C(=O)O. The second-order valence-electron chi connectivity index (χ2n) is 4.98. The van der Waals surface area contributed by atoms with Crippen molar-refractivity contribution in [3.63, 3.8) is 0 Å². The molecule has 2 amide bonds. The van der Waals surface area contributed by atoms with Gasteiger partial charge in [0.25, 0.3) is 0 Å². The summed E-state index contributed by atoms with van der Waals surface area (Å²) in [5.74, 6) is -4.07. The Morgan fingerprint density at radius 3 is 2.41 bits per heavy atom. The van der Waals surface area contributed by atoms with E-state index >= 15 is 0 Å². The number of carboxylic acid groups (broad SMARTS) is 2. The molecule has 22 heavy (non-hydrogen) atoms. The molecular formula is C12H19N3O7. The molecule has 0 aromatic heterocycles. The monoisotopic (exact) mass is 317 g/mol. The second-order valence-corrected chi connectivity index (χ2v) is 4.98. The van der Waals surface area contributed by atoms with Crippen molar-refractivity contribution in [3.8, 4) is 0 Å². The lowest BCUT2D eigenvalue weighted by Gasteiger charge is -2.26. The highest BCUT2D eigenvalue weighted by atomic mass is 16.4. The van der Waals surface area contributed by atoms with Crippen LogP contribution in [0.1, 0.15) is 19.3 Å². The molecule has 0 saturated carbocycles. The summed E-state index contributed by atoms with van der Waals surface area (Å²) in [6.07, 6.45) is 0.179. The van der Waals surface area contributed by atoms with Gasteiger partial charge in [0.1, 0.15) is 12.1 Å². The number of aliphatic carboxylic acids is 2. The van der Waals surface area contributed by atoms with Crippen LogP contribution in [0, 0.1) is 0 Å². The highest BCUT2D eigenvalue weighted by molar-refractivity contribution is 5.93. The zero-order valence-electron chi connectivity index (χ0n) is 11.8. The van der Waals surface area contributed by atoms with Crippen molar-refractivity contribution in [1.29, 1.82) is 0 Å². The van der Waals surface area contributed by atoms with Crippen LogP contribution in [0.4, 0.5) is 0 Å². The van der Waals surface area contributed by atoms with Crippen LogP contribution in [0.25, 0.3) is 0 Å². The summed E-state index contributed by atoms with van der Waals surface area (Å²) in [4.78, 5) is 46.5. The van der Waals surface area contributed by atoms with E-state index in [1.165, 1.54) is 0 Å². The van der Waals surface area contributed by atoms with Crippen LogP contribution in [0.15, 0.2) is 0 Å². The lowest BCUT2D eigenvalue weighted by Crippen LogP contribution is -2.56. The summed E-state index contributed by atoms with van der Waals surface area (Å²) in [6.45, 7) is -0.531. The van der Waals surface area contributed by atoms with Crippen molar-refractivity contribution in [2.75, 3.05) is 13.2 Å². The predicted molar refractivity (Wildman–Crippen MR) is 71.6 cm³/mol. The summed E-state index contributed by atoms with van der Waals surface area (Å²) in [7, 11) is 0. The van der Waals surface area contributed by atoms with Crippen molar-refractivity contribution in [3.05, 3.63) is 0 Å². The average Bonchev–Trinajstić information content (AvgIpc) is 2.92. The first-order valence-corrected chi connectivity index (χ1v) is 6.69. The molecule has 0 aliphatic carbocycles. The van der Waals surface area contributed by atoms with Gasteiger partial charge in [0, 0.05) is 6.54 Å². The molecule has 0 aromatic carbocycles. The van der Waals surface area contributed by atoms with Gasteiger partial charge in [-0.15, -0.1) is 0 Å². The summed E-state index contributed by atoms with van der Waals surface area (Å²) < 4.78 is 0. The molecule has 6 N–H and O–H groups in total. The van der Waals surface area contributed by atoms with E-state index in [9.17, 15) is 24.3 Å². The van der Waals surface area contributed by atoms with Crippen LogP contribution in [0.2, 0.25) is 0 Å². The molecule has 1 rings (SSSR count). The van der Waals surface area contributed by atoms with Gasteiger partial charge in [-0.3, -0.25) is 14.4 Å². The Labute approximate surface area is 125 Å². The number of amides is 2. The lowest BCUT2D eigenvalue weighted by atomic mass is 10.1. The summed E-state index contributed by atoms with van der Waals surface area (Å²) in [5.41, 5.74) is 5.36. The van der Waals surface area contributed by atoms with E-state index in [0.717, 1.165) is 4.90 Å². The van der Waals surface area contributed by atoms with Gasteiger partial charge in [0.05, 0.1) is 19.1 Å². The molecular weight excluding hydrogens is 298 g/mol. The summed E-state index contributed by atoms with van der Waals surface area (Å²) >= 11 is 0. The Morgan fingerprint density at radius 2 is 1.91 bits per heavy atom. The third-order valence-electron chi connectivity index (χ3n) is 3.35. The maximum atomic E-state index is 12.2. The minimum absolute atomic E-state index is 0.212. The van der Waals surface area contributed by atoms with Crippen molar-refractivity contribution in [2.24, 2.45) is 5.73 Å². The van der Waals surface area contributed by atoms with Crippen molar-refractivity contribution >= 4 is 23.8 Å². The number of carboxylic acids is 2. The molecule has 3 unspecified atom stereocenters. The van der Waals surface area contributed by atoms with E-state index < -0.39 is 54.9 Å². The van der Waals surface area contributed by atoms with Crippen molar-refractivity contribution in [2.45, 2.75) is 37.4 Å². The molecule has 1 heterocycles. The number of hydrogen-bond donors (Lipinski definition) is 5. The maximum absolute atomic E-state index is 12.2. The number of rotatable bonds is 7. The number of nitrogens with two attached hydrogens (primary N) is 1. The van der Waals surface area contributed by atoms with E-state index in [2.05, 4.69) is 5.32 Å². The van der Waals surface area contributed by atoms with E-state index in [0.29, 0.717) is 12.8 Å². The molecule has 0 radical (unpaired) electrons. The van der Waals surface area contributed by atoms with Gasteiger partial charge in [-0.05, 0) is 12.8 Å². The molecule has 124 valence electrons. The van der Waals surface area contributed by atoms with Crippen molar-refractivity contribution in [1.82, 2.24) is 10.2 Å². The van der Waals surface area contributed by atoms with Gasteiger partial charge in [0.2, 0.25) is 11.8 Å². The minimum Gasteiger partial charge on any atom is -0.481 e. The van der Waals surface area contributed by atoms with Gasteiger partial charge >= 0.3 is 11.9 Å². The zero-order chi connectivity index (χ0) is 16.9. The van der Waals surface area contributed by atoms with E-state index in [-0.39, 0.29) is 6.54 Å². The fourth-order valence-corrected chi connectivity index (χ4v) is 2.23. The van der Waals surface area contributed by atoms with Crippen LogP contribution in [0.3, 0.4) is 0 Å². The third-order valence-corrected chi connectivity index (χ3v) is 3.35. The number of aliphatic hydroxyl groups is 1. The number of nitrogens with zero attached hydrogens (tertiary/aromatic N) is 1. The second kappa shape index (κ2) is 7.71. The molecule has 0 bridgehead atoms. The van der Waals surface area contributed by atoms with E-state index in [1.807, 2.05) is 0 Å². The topological polar surface area (TPSA) is 170 Å². The number of carbonyl (C=O) groups is 4. The van der Waals surface area contributed by atoms with E-state index in [1.54, 1.807) is 0 Å². The fourth-order valence-electron chi connectivity index (χ4n) is 2.23. The predicted octanol–water partition coefficient (Wildman–Crippen LogP) is -2.66. The quantitative estimate of drug-likeness (QED) is 0.338. The molecule has 3 atom stereocenters. The van der Waals surface area contributed by atoms with Crippen LogP contribution in [0.5, 0.6) is 0 Å². The van der Waals surface area contributed by atoms with Gasteiger partial charge in [0.15, 0.2) is 0 Å². The Bertz CT molecular complexity index is 468. The molecule has 1 fully saturated rings. The van der Waals surface area contributed by atoms with Crippen LogP contribution in [-0.4, -0.2) is 75.2 Å². The van der Waals surface area contributed by atoms with Crippen molar-refractivity contribution < 1.29 is 34.5 Å². The van der Waals surface area contributed by atoms with Gasteiger partial charge in [-0.1, -0.05) is 0 Å². The third kappa shape index (κ3) is 4.40. The smallest absolute Gasteiger partial charge is 0.326 e. The standard InChI is InChI=1S/C12H19N3O7/c13-6(4-9(17)18)10(19)14-7(5-16)11(20)15-3-1-2-8(15)12(21)22/h6-8,16H,1-5,13H2,(H,14,19)(H,17,18)(H,21,22). The lowest BCUT2D eigenvalue weighted by molar-refractivity contribution is -0.150. The van der Waals surface area contributed by atoms with Crippen LogP contribution in [-0.2, 0) is 19.2 Å². The van der Waals surface area contributed by atoms with Crippen LogP contribution >= 0.6 is 0 Å². The first-order chi connectivity index (χ1) is 10.3. The van der Waals surface area contributed by atoms with Gasteiger partial charge in [-0.2, -0.15) is 0 Å². The minimum atomic E-state index is -1.37. The van der Waals surface area contributed by atoms with Crippen LogP contribution < -0.4 is 11.1 Å². The fraction of sp³-hybridized carbons (Fsp3) is 0.667. The summed E-state index contributed by atoms with van der Waals surface area (Å²) in [5, 5.41) is 29.0. The number of nitrogens with one attached hydrogen (secondary N) is 1. The highest BCUT2D eigenvalue weighted by Crippen LogP contribution is 2.18. The first kappa shape index (κ1) is 17.9. The van der Waals surface area contributed by atoms with Gasteiger partial charge in [-0.25, -0.2) is 4.79 Å².